The first-order chi connectivity index (χ1) is 11.2. The third-order valence-corrected chi connectivity index (χ3v) is 2.93. The molecule has 0 atom stereocenters. The molecule has 1 radical (unpaired) electrons. The Labute approximate surface area is 165 Å². The van der Waals surface area contributed by atoms with Gasteiger partial charge in [-0.15, -0.1) is 0 Å². The van der Waals surface area contributed by atoms with E-state index in [9.17, 15) is 4.79 Å². The first kappa shape index (κ1) is 20.0. The van der Waals surface area contributed by atoms with E-state index in [4.69, 9.17) is 5.73 Å². The molecular weight excluding hydrogens is 379 g/mol. The number of benzene rings is 2. The number of hydrogen-bond donors (Lipinski definition) is 2. The van der Waals surface area contributed by atoms with E-state index >= 15 is 0 Å². The average molecular weight is 397 g/mol. The molecule has 0 unspecified atom stereocenters. The summed E-state index contributed by atoms with van der Waals surface area (Å²) in [5.41, 5.74) is 9.73. The number of nitrogens with zero attached hydrogens (tertiary/aromatic N) is 2. The van der Waals surface area contributed by atoms with E-state index in [-0.39, 0.29) is 44.6 Å². The van der Waals surface area contributed by atoms with Gasteiger partial charge in [-0.3, -0.25) is 9.89 Å². The standard InChI is InChI=1S/C15H13N5O.C2H6.Y/c16-15(19-14(21)10-4-2-1-3-5-10)18-12-6-7-13-11(8-12)9-17-20-13;1-2;/h1-9H,(H4,16,17,18,19,20,21);1-2H3;/p-1. The van der Waals surface area contributed by atoms with E-state index in [1.54, 1.807) is 42.6 Å². The summed E-state index contributed by atoms with van der Waals surface area (Å²) < 4.78 is 0. The first-order valence-corrected chi connectivity index (χ1v) is 7.32. The number of carbonyl (C=O) groups excluding carboxylic acids is 1. The number of hydrogen-bond acceptors (Lipinski definition) is 3. The smallest absolute Gasteiger partial charge is 0.201 e. The molecule has 0 spiro atoms. The minimum atomic E-state index is -0.353. The average Bonchev–Trinajstić information content (AvgIpc) is 3.05. The molecule has 1 aromatic heterocycles. The first-order valence-electron chi connectivity index (χ1n) is 7.32. The Balaban J connectivity index is 0.000000925. The van der Waals surface area contributed by atoms with Gasteiger partial charge in [-0.2, -0.15) is 5.10 Å². The zero-order chi connectivity index (χ0) is 16.7. The van der Waals surface area contributed by atoms with Crippen molar-refractivity contribution in [3.63, 3.8) is 0 Å². The molecule has 1 amide bonds. The molecule has 3 N–H and O–H groups in total. The van der Waals surface area contributed by atoms with Gasteiger partial charge in [0.15, 0.2) is 0 Å². The van der Waals surface area contributed by atoms with Gasteiger partial charge in [0.05, 0.1) is 11.7 Å². The van der Waals surface area contributed by atoms with Crippen molar-refractivity contribution < 1.29 is 37.5 Å². The van der Waals surface area contributed by atoms with Crippen molar-refractivity contribution in [2.75, 3.05) is 0 Å². The number of nitrogens with one attached hydrogen (secondary N) is 3. The minimum Gasteiger partial charge on any atom is -0.411 e. The summed E-state index contributed by atoms with van der Waals surface area (Å²) in [4.78, 5) is 16.0. The molecule has 3 rings (SSSR count). The van der Waals surface area contributed by atoms with Gasteiger partial charge in [-0.1, -0.05) is 50.2 Å². The number of carbonyl (C=O) groups is 1. The van der Waals surface area contributed by atoms with Crippen molar-refractivity contribution in [3.05, 3.63) is 66.0 Å². The fourth-order valence-electron chi connectivity index (χ4n) is 1.93. The van der Waals surface area contributed by atoms with Crippen LogP contribution in [0.15, 0.2) is 59.7 Å². The van der Waals surface area contributed by atoms with Gasteiger partial charge in [-0.05, 0) is 17.8 Å². The van der Waals surface area contributed by atoms with Crippen molar-refractivity contribution in [1.82, 2.24) is 15.5 Å². The molecule has 3 aromatic rings. The third kappa shape index (κ3) is 5.25. The summed E-state index contributed by atoms with van der Waals surface area (Å²) in [5, 5.41) is 10.1. The number of amides is 1. The Kier molecular flexibility index (Phi) is 8.29. The van der Waals surface area contributed by atoms with E-state index in [2.05, 4.69) is 20.5 Å². The Hall–Kier alpha value is -2.05. The second-order valence-electron chi connectivity index (χ2n) is 4.42. The molecule has 0 saturated heterocycles. The number of guanidine groups is 1. The number of H-pyrrole nitrogens is 1. The van der Waals surface area contributed by atoms with Crippen molar-refractivity contribution in [2.24, 2.45) is 4.99 Å². The molecule has 0 bridgehead atoms. The van der Waals surface area contributed by atoms with Crippen LogP contribution in [0.25, 0.3) is 16.6 Å². The maximum Gasteiger partial charge on any atom is 0.201 e. The molecule has 6 nitrogen and oxygen atoms in total. The van der Waals surface area contributed by atoms with Crippen LogP contribution in [0.5, 0.6) is 0 Å². The van der Waals surface area contributed by atoms with Crippen LogP contribution in [0, 0.1) is 0 Å². The van der Waals surface area contributed by atoms with Crippen LogP contribution in [0.3, 0.4) is 0 Å². The van der Waals surface area contributed by atoms with Gasteiger partial charge in [0.2, 0.25) is 5.91 Å². The topological polar surface area (TPSA) is 93.9 Å². The van der Waals surface area contributed by atoms with Gasteiger partial charge >= 0.3 is 0 Å². The summed E-state index contributed by atoms with van der Waals surface area (Å²) in [6.07, 6.45) is 1.68. The summed E-state index contributed by atoms with van der Waals surface area (Å²) in [7, 11) is 0. The number of fused-ring (bicyclic) bond motifs is 1. The van der Waals surface area contributed by atoms with Crippen molar-refractivity contribution in [2.45, 2.75) is 13.8 Å². The molecule has 121 valence electrons. The molecule has 0 fully saturated rings. The van der Waals surface area contributed by atoms with E-state index in [0.717, 1.165) is 10.9 Å². The van der Waals surface area contributed by atoms with Crippen LogP contribution < -0.4 is 5.32 Å². The zero-order valence-electron chi connectivity index (χ0n) is 13.6. The second kappa shape index (κ2) is 9.95. The van der Waals surface area contributed by atoms with Gasteiger partial charge < -0.3 is 16.0 Å². The fraction of sp³-hybridized carbons (Fsp3) is 0.118. The molecule has 7 heteroatoms. The summed E-state index contributed by atoms with van der Waals surface area (Å²) in [5.74, 6) is -0.555. The van der Waals surface area contributed by atoms with E-state index in [0.29, 0.717) is 11.3 Å². The number of aliphatic imine (C=N–C) groups is 1. The second-order valence-corrected chi connectivity index (χ2v) is 4.42. The molecule has 0 aliphatic heterocycles. The molecule has 24 heavy (non-hydrogen) atoms. The quantitative estimate of drug-likeness (QED) is 0.504. The molecule has 0 aliphatic carbocycles. The Morgan fingerprint density at radius 1 is 1.17 bits per heavy atom. The number of rotatable bonds is 2. The van der Waals surface area contributed by atoms with Crippen LogP contribution in [0.2, 0.25) is 0 Å². The van der Waals surface area contributed by atoms with Gasteiger partial charge in [-0.25, -0.2) is 0 Å². The maximum atomic E-state index is 11.9. The maximum absolute atomic E-state index is 11.9. The van der Waals surface area contributed by atoms with Crippen molar-refractivity contribution in [1.29, 1.82) is 0 Å². The Bertz CT molecular complexity index is 814. The predicted octanol–water partition coefficient (Wildman–Crippen LogP) is 4.06. The minimum absolute atomic E-state index is 0. The number of aromatic amines is 1. The van der Waals surface area contributed by atoms with Gasteiger partial charge in [0, 0.05) is 49.6 Å². The molecule has 0 saturated carbocycles. The van der Waals surface area contributed by atoms with Crippen LogP contribution in [-0.4, -0.2) is 22.1 Å². The zero-order valence-corrected chi connectivity index (χ0v) is 16.4. The van der Waals surface area contributed by atoms with Crippen LogP contribution in [0.1, 0.15) is 24.2 Å². The molecular formula is C17H18N5OY-. The van der Waals surface area contributed by atoms with Gasteiger partial charge in [0.25, 0.3) is 0 Å². The summed E-state index contributed by atoms with van der Waals surface area (Å²) in [6, 6.07) is 14.1. The van der Waals surface area contributed by atoms with E-state index < -0.39 is 0 Å². The SMILES string of the molecule is CC.[NH-]C(=Nc1ccc2[nH]ncc2c1)NC(=O)c1ccccc1.[Y]. The monoisotopic (exact) mass is 397 g/mol. The van der Waals surface area contributed by atoms with Crippen LogP contribution in [0.4, 0.5) is 5.69 Å². The van der Waals surface area contributed by atoms with E-state index in [1.165, 1.54) is 0 Å². The Morgan fingerprint density at radius 3 is 2.58 bits per heavy atom. The third-order valence-electron chi connectivity index (χ3n) is 2.93. The fourth-order valence-corrected chi connectivity index (χ4v) is 1.93. The van der Waals surface area contributed by atoms with Gasteiger partial charge in [0.1, 0.15) is 0 Å². The predicted molar refractivity (Wildman–Crippen MR) is 92.8 cm³/mol. The van der Waals surface area contributed by atoms with Crippen molar-refractivity contribution in [3.8, 4) is 0 Å². The Morgan fingerprint density at radius 2 is 1.88 bits per heavy atom. The largest absolute Gasteiger partial charge is 0.411 e. The van der Waals surface area contributed by atoms with E-state index in [1.807, 2.05) is 26.0 Å². The molecule has 2 aromatic carbocycles. The van der Waals surface area contributed by atoms with Crippen molar-refractivity contribution >= 4 is 28.5 Å². The normalized spacial score (nSPS) is 10.3. The van der Waals surface area contributed by atoms with Crippen LogP contribution >= 0.6 is 0 Å². The molecule has 1 heterocycles. The molecule has 0 aliphatic rings. The summed E-state index contributed by atoms with van der Waals surface area (Å²) >= 11 is 0. The number of aromatic nitrogens is 2. The van der Waals surface area contributed by atoms with Crippen LogP contribution in [-0.2, 0) is 32.7 Å². The summed E-state index contributed by atoms with van der Waals surface area (Å²) in [6.45, 7) is 4.00.